The molecule has 6 heteroatoms. The van der Waals surface area contributed by atoms with E-state index in [2.05, 4.69) is 10.3 Å². The maximum absolute atomic E-state index is 12.4. The normalized spacial score (nSPS) is 12.0. The van der Waals surface area contributed by atoms with Gasteiger partial charge in [0.15, 0.2) is 0 Å². The number of amides is 2. The largest absolute Gasteiger partial charge is 0.345 e. The maximum Gasteiger partial charge on any atom is 0.271 e. The van der Waals surface area contributed by atoms with E-state index in [1.807, 2.05) is 43.5 Å². The molecule has 1 N–H and O–H groups in total. The molecular weight excluding hydrogens is 316 g/mol. The summed E-state index contributed by atoms with van der Waals surface area (Å²) in [6.45, 7) is 1.90. The highest BCUT2D eigenvalue weighted by Gasteiger charge is 2.15. The average Bonchev–Trinajstić information content (AvgIpc) is 3.05. The van der Waals surface area contributed by atoms with Gasteiger partial charge in [0.1, 0.15) is 11.3 Å². The number of hydrogen-bond acceptors (Lipinski definition) is 3. The van der Waals surface area contributed by atoms with Crippen molar-refractivity contribution < 1.29 is 9.59 Å². The summed E-state index contributed by atoms with van der Waals surface area (Å²) in [6.07, 6.45) is 3.55. The number of rotatable bonds is 4. The highest BCUT2D eigenvalue weighted by Crippen LogP contribution is 2.15. The standard InChI is InChI=1S/C19H20N4O2/c1-13(14-7-9-15(10-8-14)19(25)22(2)3)20-18(24)16-12-23-11-5-4-6-17(23)21-16/h4-13H,1-3H3,(H,20,24). The fourth-order valence-electron chi connectivity index (χ4n) is 2.57. The number of pyridine rings is 1. The molecule has 0 saturated carbocycles. The lowest BCUT2D eigenvalue weighted by molar-refractivity contribution is 0.0827. The molecule has 0 aliphatic heterocycles. The predicted molar refractivity (Wildman–Crippen MR) is 95.5 cm³/mol. The summed E-state index contributed by atoms with van der Waals surface area (Å²) in [5.41, 5.74) is 2.64. The quantitative estimate of drug-likeness (QED) is 0.796. The number of carbonyl (C=O) groups is 2. The van der Waals surface area contributed by atoms with Gasteiger partial charge in [0.05, 0.1) is 6.04 Å². The first-order valence-corrected chi connectivity index (χ1v) is 8.02. The van der Waals surface area contributed by atoms with Gasteiger partial charge in [0.2, 0.25) is 0 Å². The molecule has 2 amide bonds. The third kappa shape index (κ3) is 3.52. The van der Waals surface area contributed by atoms with Crippen molar-refractivity contribution in [3.63, 3.8) is 0 Å². The molecule has 3 rings (SSSR count). The van der Waals surface area contributed by atoms with Gasteiger partial charge >= 0.3 is 0 Å². The minimum atomic E-state index is -0.232. The van der Waals surface area contributed by atoms with Crippen LogP contribution in [0.15, 0.2) is 54.9 Å². The Morgan fingerprint density at radius 3 is 2.48 bits per heavy atom. The minimum Gasteiger partial charge on any atom is -0.345 e. The topological polar surface area (TPSA) is 66.7 Å². The molecule has 0 bridgehead atoms. The first-order valence-electron chi connectivity index (χ1n) is 8.02. The molecule has 2 heterocycles. The molecule has 0 aliphatic rings. The smallest absolute Gasteiger partial charge is 0.271 e. The number of aromatic nitrogens is 2. The van der Waals surface area contributed by atoms with Crippen molar-refractivity contribution in [3.05, 3.63) is 71.7 Å². The molecule has 1 aromatic carbocycles. The Hall–Kier alpha value is -3.15. The monoisotopic (exact) mass is 336 g/mol. The Balaban J connectivity index is 1.71. The van der Waals surface area contributed by atoms with Gasteiger partial charge in [-0.1, -0.05) is 18.2 Å². The van der Waals surface area contributed by atoms with Crippen LogP contribution in [0.5, 0.6) is 0 Å². The second-order valence-corrected chi connectivity index (χ2v) is 6.11. The van der Waals surface area contributed by atoms with E-state index in [1.54, 1.807) is 36.8 Å². The summed E-state index contributed by atoms with van der Waals surface area (Å²) in [7, 11) is 3.43. The van der Waals surface area contributed by atoms with Crippen molar-refractivity contribution in [2.75, 3.05) is 14.1 Å². The van der Waals surface area contributed by atoms with Crippen LogP contribution >= 0.6 is 0 Å². The van der Waals surface area contributed by atoms with Gasteiger partial charge in [-0.3, -0.25) is 9.59 Å². The van der Waals surface area contributed by atoms with Crippen LogP contribution in [0.1, 0.15) is 39.4 Å². The van der Waals surface area contributed by atoms with Gasteiger partial charge in [0.25, 0.3) is 11.8 Å². The molecule has 0 radical (unpaired) electrons. The summed E-state index contributed by atoms with van der Waals surface area (Å²) in [4.78, 5) is 30.2. The second kappa shape index (κ2) is 6.76. The summed E-state index contributed by atoms with van der Waals surface area (Å²) in [5.74, 6) is -0.280. The molecule has 0 saturated heterocycles. The number of nitrogens with zero attached hydrogens (tertiary/aromatic N) is 3. The lowest BCUT2D eigenvalue weighted by Gasteiger charge is -2.15. The van der Waals surface area contributed by atoms with E-state index in [0.717, 1.165) is 11.2 Å². The molecule has 0 aliphatic carbocycles. The lowest BCUT2D eigenvalue weighted by atomic mass is 10.1. The Labute approximate surface area is 146 Å². The number of benzene rings is 1. The van der Waals surface area contributed by atoms with E-state index in [4.69, 9.17) is 0 Å². The average molecular weight is 336 g/mol. The molecule has 2 aromatic heterocycles. The van der Waals surface area contributed by atoms with E-state index < -0.39 is 0 Å². The van der Waals surface area contributed by atoms with Crippen LogP contribution in [-0.2, 0) is 0 Å². The second-order valence-electron chi connectivity index (χ2n) is 6.11. The zero-order chi connectivity index (χ0) is 18.0. The highest BCUT2D eigenvalue weighted by molar-refractivity contribution is 5.94. The maximum atomic E-state index is 12.4. The fraction of sp³-hybridized carbons (Fsp3) is 0.211. The van der Waals surface area contributed by atoms with Crippen LogP contribution < -0.4 is 5.32 Å². The molecule has 128 valence electrons. The first-order chi connectivity index (χ1) is 12.0. The van der Waals surface area contributed by atoms with Gasteiger partial charge in [-0.05, 0) is 36.8 Å². The third-order valence-electron chi connectivity index (χ3n) is 4.01. The van der Waals surface area contributed by atoms with Crippen molar-refractivity contribution in [1.29, 1.82) is 0 Å². The number of hydrogen-bond donors (Lipinski definition) is 1. The highest BCUT2D eigenvalue weighted by atomic mass is 16.2. The minimum absolute atomic E-state index is 0.0482. The lowest BCUT2D eigenvalue weighted by Crippen LogP contribution is -2.27. The summed E-state index contributed by atoms with van der Waals surface area (Å²) in [6, 6.07) is 12.7. The molecule has 3 aromatic rings. The Morgan fingerprint density at radius 2 is 1.84 bits per heavy atom. The van der Waals surface area contributed by atoms with Crippen molar-refractivity contribution >= 4 is 17.5 Å². The van der Waals surface area contributed by atoms with Crippen molar-refractivity contribution in [2.24, 2.45) is 0 Å². The van der Waals surface area contributed by atoms with Crippen LogP contribution in [0, 0.1) is 0 Å². The van der Waals surface area contributed by atoms with Gasteiger partial charge < -0.3 is 14.6 Å². The van der Waals surface area contributed by atoms with E-state index in [1.165, 1.54) is 4.90 Å². The van der Waals surface area contributed by atoms with Gasteiger partial charge in [0, 0.05) is 32.1 Å². The molecule has 0 spiro atoms. The van der Waals surface area contributed by atoms with Crippen LogP contribution in [0.4, 0.5) is 0 Å². The Morgan fingerprint density at radius 1 is 1.12 bits per heavy atom. The number of carbonyl (C=O) groups excluding carboxylic acids is 2. The van der Waals surface area contributed by atoms with E-state index >= 15 is 0 Å². The van der Waals surface area contributed by atoms with Crippen molar-refractivity contribution in [3.8, 4) is 0 Å². The van der Waals surface area contributed by atoms with Crippen molar-refractivity contribution in [2.45, 2.75) is 13.0 Å². The molecule has 25 heavy (non-hydrogen) atoms. The van der Waals surface area contributed by atoms with E-state index in [9.17, 15) is 9.59 Å². The summed E-state index contributed by atoms with van der Waals surface area (Å²) in [5, 5.41) is 2.93. The molecule has 0 fully saturated rings. The number of nitrogens with one attached hydrogen (secondary N) is 1. The van der Waals surface area contributed by atoms with Crippen LogP contribution in [-0.4, -0.2) is 40.2 Å². The predicted octanol–water partition coefficient (Wildman–Crippen LogP) is 2.53. The molecular formula is C19H20N4O2. The first kappa shape index (κ1) is 16.7. The molecule has 1 unspecified atom stereocenters. The van der Waals surface area contributed by atoms with Crippen molar-refractivity contribution in [1.82, 2.24) is 19.6 Å². The Kier molecular flexibility index (Phi) is 4.52. The summed E-state index contributed by atoms with van der Waals surface area (Å²) >= 11 is 0. The number of fused-ring (bicyclic) bond motifs is 1. The van der Waals surface area contributed by atoms with Gasteiger partial charge in [-0.25, -0.2) is 4.98 Å². The van der Waals surface area contributed by atoms with Crippen LogP contribution in [0.2, 0.25) is 0 Å². The Bertz CT molecular complexity index is 880. The molecule has 6 nitrogen and oxygen atoms in total. The molecule has 1 atom stereocenters. The third-order valence-corrected chi connectivity index (χ3v) is 4.01. The van der Waals surface area contributed by atoms with Crippen LogP contribution in [0.25, 0.3) is 5.65 Å². The fourth-order valence-corrected chi connectivity index (χ4v) is 2.57. The SMILES string of the molecule is CC(NC(=O)c1cn2ccccc2n1)c1ccc(C(=O)N(C)C)cc1. The zero-order valence-corrected chi connectivity index (χ0v) is 14.4. The van der Waals surface area contributed by atoms with Gasteiger partial charge in [-0.2, -0.15) is 0 Å². The van der Waals surface area contributed by atoms with Crippen LogP contribution in [0.3, 0.4) is 0 Å². The van der Waals surface area contributed by atoms with E-state index in [0.29, 0.717) is 11.3 Å². The van der Waals surface area contributed by atoms with E-state index in [-0.39, 0.29) is 17.9 Å². The van der Waals surface area contributed by atoms with Gasteiger partial charge in [-0.15, -0.1) is 0 Å². The number of imidazole rings is 1. The summed E-state index contributed by atoms with van der Waals surface area (Å²) < 4.78 is 1.81. The zero-order valence-electron chi connectivity index (χ0n) is 14.4.